The summed E-state index contributed by atoms with van der Waals surface area (Å²) >= 11 is 0. The molecular weight excluding hydrogens is 359 g/mol. The van der Waals surface area contributed by atoms with Gasteiger partial charge in [-0.1, -0.05) is 19.9 Å². The zero-order valence-corrected chi connectivity index (χ0v) is 17.6. The van der Waals surface area contributed by atoms with Crippen molar-refractivity contribution in [3.05, 3.63) is 29.6 Å². The number of guanidine groups is 1. The second kappa shape index (κ2) is 11.9. The molecule has 0 aliphatic carbocycles. The number of aliphatic imine (C=N–C) groups is 1. The fourth-order valence-electron chi connectivity index (χ4n) is 3.38. The number of benzene rings is 1. The third-order valence-corrected chi connectivity index (χ3v) is 4.79. The van der Waals surface area contributed by atoms with E-state index in [1.54, 1.807) is 6.07 Å². The van der Waals surface area contributed by atoms with Crippen molar-refractivity contribution in [2.45, 2.75) is 39.8 Å². The average Bonchev–Trinajstić information content (AvgIpc) is 2.69. The van der Waals surface area contributed by atoms with Crippen LogP contribution in [0.5, 0.6) is 5.75 Å². The maximum Gasteiger partial charge on any atom is 0.191 e. The monoisotopic (exact) mass is 394 g/mol. The summed E-state index contributed by atoms with van der Waals surface area (Å²) in [5.74, 6) is 1.26. The largest absolute Gasteiger partial charge is 0.494 e. The zero-order valence-electron chi connectivity index (χ0n) is 17.6. The fourth-order valence-corrected chi connectivity index (χ4v) is 3.38. The Balaban J connectivity index is 1.98. The van der Waals surface area contributed by atoms with Gasteiger partial charge in [0.25, 0.3) is 0 Å². The van der Waals surface area contributed by atoms with Gasteiger partial charge in [0.2, 0.25) is 0 Å². The summed E-state index contributed by atoms with van der Waals surface area (Å²) in [5, 5.41) is 6.75. The summed E-state index contributed by atoms with van der Waals surface area (Å²) in [7, 11) is 1.46. The van der Waals surface area contributed by atoms with Gasteiger partial charge in [0.05, 0.1) is 26.9 Å². The normalized spacial score (nSPS) is 16.9. The molecule has 1 unspecified atom stereocenters. The van der Waals surface area contributed by atoms with Crippen molar-refractivity contribution < 1.29 is 13.9 Å². The summed E-state index contributed by atoms with van der Waals surface area (Å²) in [4.78, 5) is 7.12. The van der Waals surface area contributed by atoms with Crippen LogP contribution >= 0.6 is 0 Å². The molecule has 158 valence electrons. The van der Waals surface area contributed by atoms with Crippen LogP contribution < -0.4 is 15.4 Å². The molecule has 0 amide bonds. The Bertz CT molecular complexity index is 618. The van der Waals surface area contributed by atoms with Crippen LogP contribution in [-0.4, -0.2) is 63.4 Å². The molecule has 2 N–H and O–H groups in total. The third kappa shape index (κ3) is 7.28. The van der Waals surface area contributed by atoms with Crippen LogP contribution in [0.3, 0.4) is 0 Å². The molecule has 1 heterocycles. The lowest BCUT2D eigenvalue weighted by Gasteiger charge is -2.35. The number of hydrogen-bond acceptors (Lipinski definition) is 4. The number of nitrogens with one attached hydrogen (secondary N) is 2. The molecule has 0 radical (unpaired) electrons. The van der Waals surface area contributed by atoms with Gasteiger partial charge in [-0.2, -0.15) is 0 Å². The summed E-state index contributed by atoms with van der Waals surface area (Å²) in [5.41, 5.74) is 0.808. The highest BCUT2D eigenvalue weighted by Crippen LogP contribution is 2.18. The SMILES string of the molecule is CCNC(=NCc1ccc(OC)c(F)c1)NCC(CC(C)C)N1CCOCC1. The highest BCUT2D eigenvalue weighted by molar-refractivity contribution is 5.79. The topological polar surface area (TPSA) is 58.1 Å². The molecule has 1 atom stereocenters. The van der Waals surface area contributed by atoms with E-state index in [2.05, 4.69) is 34.4 Å². The van der Waals surface area contributed by atoms with E-state index in [0.717, 1.165) is 57.3 Å². The predicted octanol–water partition coefficient (Wildman–Crippen LogP) is 2.64. The predicted molar refractivity (Wildman–Crippen MR) is 111 cm³/mol. The molecule has 0 saturated carbocycles. The van der Waals surface area contributed by atoms with Crippen LogP contribution in [0.4, 0.5) is 4.39 Å². The van der Waals surface area contributed by atoms with E-state index < -0.39 is 0 Å². The lowest BCUT2D eigenvalue weighted by atomic mass is 10.0. The first-order chi connectivity index (χ1) is 13.5. The summed E-state index contributed by atoms with van der Waals surface area (Å²) < 4.78 is 24.3. The standard InChI is InChI=1S/C21H35FN4O2/c1-5-23-21(24-14-17-6-7-20(27-4)19(22)13-17)25-15-18(12-16(2)3)26-8-10-28-11-9-26/h6-7,13,16,18H,5,8-12,14-15H2,1-4H3,(H2,23,24,25). The number of ether oxygens (including phenoxy) is 2. The molecular formula is C21H35FN4O2. The van der Waals surface area contributed by atoms with Crippen molar-refractivity contribution in [1.29, 1.82) is 0 Å². The second-order valence-electron chi connectivity index (χ2n) is 7.48. The summed E-state index contributed by atoms with van der Waals surface area (Å²) in [6.07, 6.45) is 1.12. The first kappa shape index (κ1) is 22.4. The van der Waals surface area contributed by atoms with E-state index in [1.165, 1.54) is 13.2 Å². The molecule has 1 fully saturated rings. The number of nitrogens with zero attached hydrogens (tertiary/aromatic N) is 2. The van der Waals surface area contributed by atoms with Crippen LogP contribution in [0.15, 0.2) is 23.2 Å². The van der Waals surface area contributed by atoms with Gasteiger partial charge in [0.1, 0.15) is 0 Å². The van der Waals surface area contributed by atoms with Gasteiger partial charge in [-0.25, -0.2) is 9.38 Å². The number of morpholine rings is 1. The molecule has 0 spiro atoms. The molecule has 6 nitrogen and oxygen atoms in total. The van der Waals surface area contributed by atoms with Crippen LogP contribution in [0, 0.1) is 11.7 Å². The number of methoxy groups -OCH3 is 1. The molecule has 28 heavy (non-hydrogen) atoms. The van der Waals surface area contributed by atoms with Gasteiger partial charge in [-0.05, 0) is 37.0 Å². The first-order valence-electron chi connectivity index (χ1n) is 10.2. The third-order valence-electron chi connectivity index (χ3n) is 4.79. The maximum absolute atomic E-state index is 13.9. The fraction of sp³-hybridized carbons (Fsp3) is 0.667. The van der Waals surface area contributed by atoms with Crippen molar-refractivity contribution in [1.82, 2.24) is 15.5 Å². The Kier molecular flexibility index (Phi) is 9.50. The minimum atomic E-state index is -0.363. The van der Waals surface area contributed by atoms with Crippen molar-refractivity contribution in [2.24, 2.45) is 10.9 Å². The Morgan fingerprint density at radius 1 is 1.29 bits per heavy atom. The Hall–Kier alpha value is -1.86. The Morgan fingerprint density at radius 3 is 2.64 bits per heavy atom. The van der Waals surface area contributed by atoms with Crippen LogP contribution in [0.25, 0.3) is 0 Å². The minimum Gasteiger partial charge on any atom is -0.494 e. The number of hydrogen-bond donors (Lipinski definition) is 2. The van der Waals surface area contributed by atoms with E-state index in [4.69, 9.17) is 9.47 Å². The molecule has 0 bridgehead atoms. The molecule has 0 aromatic heterocycles. The van der Waals surface area contributed by atoms with Gasteiger partial charge in [-0.15, -0.1) is 0 Å². The zero-order chi connectivity index (χ0) is 20.4. The summed E-state index contributed by atoms with van der Waals surface area (Å²) in [6, 6.07) is 5.38. The lowest BCUT2D eigenvalue weighted by Crippen LogP contribution is -2.51. The molecule has 7 heteroatoms. The van der Waals surface area contributed by atoms with Crippen LogP contribution in [0.1, 0.15) is 32.8 Å². The smallest absolute Gasteiger partial charge is 0.191 e. The maximum atomic E-state index is 13.9. The molecule has 1 aliphatic rings. The van der Waals surface area contributed by atoms with Gasteiger partial charge in [0, 0.05) is 32.2 Å². The van der Waals surface area contributed by atoms with Crippen LogP contribution in [0.2, 0.25) is 0 Å². The van der Waals surface area contributed by atoms with E-state index in [9.17, 15) is 4.39 Å². The molecule has 1 saturated heterocycles. The lowest BCUT2D eigenvalue weighted by molar-refractivity contribution is 0.0132. The van der Waals surface area contributed by atoms with E-state index in [0.29, 0.717) is 18.5 Å². The van der Waals surface area contributed by atoms with Gasteiger partial charge < -0.3 is 20.1 Å². The van der Waals surface area contributed by atoms with E-state index in [1.807, 2.05) is 13.0 Å². The van der Waals surface area contributed by atoms with Gasteiger partial charge in [-0.3, -0.25) is 4.90 Å². The van der Waals surface area contributed by atoms with E-state index in [-0.39, 0.29) is 11.6 Å². The molecule has 2 rings (SSSR count). The van der Waals surface area contributed by atoms with Gasteiger partial charge >= 0.3 is 0 Å². The highest BCUT2D eigenvalue weighted by Gasteiger charge is 2.22. The minimum absolute atomic E-state index is 0.250. The van der Waals surface area contributed by atoms with E-state index >= 15 is 0 Å². The van der Waals surface area contributed by atoms with Crippen molar-refractivity contribution in [2.75, 3.05) is 46.5 Å². The van der Waals surface area contributed by atoms with Crippen LogP contribution in [-0.2, 0) is 11.3 Å². The molecule has 1 aromatic carbocycles. The highest BCUT2D eigenvalue weighted by atomic mass is 19.1. The molecule has 1 aliphatic heterocycles. The second-order valence-corrected chi connectivity index (χ2v) is 7.48. The number of halogens is 1. The quantitative estimate of drug-likeness (QED) is 0.498. The van der Waals surface area contributed by atoms with Crippen molar-refractivity contribution >= 4 is 5.96 Å². The van der Waals surface area contributed by atoms with Crippen molar-refractivity contribution in [3.8, 4) is 5.75 Å². The number of rotatable bonds is 9. The molecule has 1 aromatic rings. The average molecular weight is 395 g/mol. The van der Waals surface area contributed by atoms with Crippen molar-refractivity contribution in [3.63, 3.8) is 0 Å². The Labute approximate surface area is 168 Å². The summed E-state index contributed by atoms with van der Waals surface area (Å²) in [6.45, 7) is 12.1. The first-order valence-corrected chi connectivity index (χ1v) is 10.2. The Morgan fingerprint density at radius 2 is 2.04 bits per heavy atom. The van der Waals surface area contributed by atoms with Gasteiger partial charge in [0.15, 0.2) is 17.5 Å².